The highest BCUT2D eigenvalue weighted by molar-refractivity contribution is 5.61. The van der Waals surface area contributed by atoms with Crippen molar-refractivity contribution in [1.82, 2.24) is 0 Å². The molecule has 124 valence electrons. The Morgan fingerprint density at radius 2 is 1.00 bits per heavy atom. The Bertz CT molecular complexity index is 645. The minimum atomic E-state index is 0.0556. The number of rotatable bonds is 2. The zero-order valence-corrected chi connectivity index (χ0v) is 15.0. The van der Waals surface area contributed by atoms with Crippen LogP contribution < -0.4 is 16.2 Å². The van der Waals surface area contributed by atoms with Crippen molar-refractivity contribution in [1.29, 1.82) is 0 Å². The predicted molar refractivity (Wildman–Crippen MR) is 99.2 cm³/mol. The van der Waals surface area contributed by atoms with Gasteiger partial charge in [0.2, 0.25) is 0 Å². The maximum atomic E-state index is 6.15. The molecule has 2 aromatic rings. The van der Waals surface area contributed by atoms with E-state index in [1.807, 2.05) is 36.4 Å². The number of ether oxygens (including phenoxy) is 1. The van der Waals surface area contributed by atoms with Gasteiger partial charge in [-0.1, -0.05) is 53.7 Å². The number of hydrogen-bond donors (Lipinski definition) is 2. The van der Waals surface area contributed by atoms with E-state index in [0.717, 1.165) is 0 Å². The molecule has 2 rings (SSSR count). The number of hydrogen-bond acceptors (Lipinski definition) is 3. The van der Waals surface area contributed by atoms with Gasteiger partial charge in [-0.2, -0.15) is 0 Å². The zero-order valence-electron chi connectivity index (χ0n) is 15.0. The topological polar surface area (TPSA) is 61.3 Å². The zero-order chi connectivity index (χ0) is 17.4. The molecule has 3 heteroatoms. The fraction of sp³-hybridized carbons (Fsp3) is 0.400. The lowest BCUT2D eigenvalue weighted by Gasteiger charge is -2.22. The molecule has 0 atom stereocenters. The highest BCUT2D eigenvalue weighted by Crippen LogP contribution is 2.36. The number of nitrogen functional groups attached to an aromatic ring is 2. The molecular formula is C20H28N2O. The number of benzene rings is 2. The molecule has 23 heavy (non-hydrogen) atoms. The van der Waals surface area contributed by atoms with Gasteiger partial charge in [-0.15, -0.1) is 0 Å². The van der Waals surface area contributed by atoms with Gasteiger partial charge in [-0.25, -0.2) is 0 Å². The molecule has 3 nitrogen and oxygen atoms in total. The first-order chi connectivity index (χ1) is 10.5. The molecule has 0 heterocycles. The summed E-state index contributed by atoms with van der Waals surface area (Å²) < 4.78 is 5.93. The highest BCUT2D eigenvalue weighted by Gasteiger charge is 2.17. The normalized spacial score (nSPS) is 12.3. The van der Waals surface area contributed by atoms with Crippen LogP contribution in [-0.4, -0.2) is 0 Å². The van der Waals surface area contributed by atoms with Gasteiger partial charge in [0.15, 0.2) is 0 Å². The predicted octanol–water partition coefficient (Wildman–Crippen LogP) is 5.24. The van der Waals surface area contributed by atoms with Crippen molar-refractivity contribution in [2.45, 2.75) is 52.4 Å². The van der Waals surface area contributed by atoms with E-state index in [4.69, 9.17) is 16.2 Å². The van der Waals surface area contributed by atoms with E-state index < -0.39 is 0 Å². The molecule has 0 amide bonds. The van der Waals surface area contributed by atoms with Crippen molar-refractivity contribution in [3.8, 4) is 11.5 Å². The molecular weight excluding hydrogens is 284 g/mol. The van der Waals surface area contributed by atoms with Crippen molar-refractivity contribution in [3.63, 3.8) is 0 Å². The Labute approximate surface area is 139 Å². The lowest BCUT2D eigenvalue weighted by molar-refractivity contribution is 0.485. The third-order valence-corrected chi connectivity index (χ3v) is 3.97. The third-order valence-electron chi connectivity index (χ3n) is 3.97. The van der Waals surface area contributed by atoms with Crippen LogP contribution in [0.15, 0.2) is 36.4 Å². The largest absolute Gasteiger partial charge is 0.453 e. The first-order valence-electron chi connectivity index (χ1n) is 7.96. The second-order valence-electron chi connectivity index (χ2n) is 8.11. The molecule has 0 aliphatic carbocycles. The van der Waals surface area contributed by atoms with Crippen LogP contribution >= 0.6 is 0 Å². The van der Waals surface area contributed by atoms with Crippen LogP contribution in [0.3, 0.4) is 0 Å². The summed E-state index contributed by atoms with van der Waals surface area (Å²) in [5.41, 5.74) is 16.0. The first kappa shape index (κ1) is 17.2. The first-order valence-corrected chi connectivity index (χ1v) is 7.96. The van der Waals surface area contributed by atoms with Crippen LogP contribution in [0, 0.1) is 0 Å². The average molecular weight is 312 g/mol. The molecule has 0 aliphatic rings. The van der Waals surface area contributed by atoms with Crippen LogP contribution in [0.4, 0.5) is 11.4 Å². The molecule has 0 spiro atoms. The van der Waals surface area contributed by atoms with Gasteiger partial charge < -0.3 is 16.2 Å². The summed E-state index contributed by atoms with van der Waals surface area (Å²) in [6, 6.07) is 11.8. The van der Waals surface area contributed by atoms with Gasteiger partial charge in [0, 0.05) is 0 Å². The summed E-state index contributed by atoms with van der Waals surface area (Å²) in [7, 11) is 0. The fourth-order valence-corrected chi connectivity index (χ4v) is 2.33. The van der Waals surface area contributed by atoms with Gasteiger partial charge in [0.25, 0.3) is 0 Å². The van der Waals surface area contributed by atoms with Crippen molar-refractivity contribution < 1.29 is 4.74 Å². The van der Waals surface area contributed by atoms with E-state index in [-0.39, 0.29) is 10.8 Å². The molecule has 0 aromatic heterocycles. The Morgan fingerprint density at radius 1 is 0.652 bits per heavy atom. The number of anilines is 2. The second-order valence-corrected chi connectivity index (χ2v) is 8.11. The quantitative estimate of drug-likeness (QED) is 0.746. The molecule has 0 bridgehead atoms. The van der Waals surface area contributed by atoms with Gasteiger partial charge in [-0.3, -0.25) is 0 Å². The van der Waals surface area contributed by atoms with Crippen LogP contribution in [0.2, 0.25) is 0 Å². The van der Waals surface area contributed by atoms with E-state index in [1.54, 1.807) is 0 Å². The molecule has 4 N–H and O–H groups in total. The molecule has 2 aromatic carbocycles. The molecule has 0 fully saturated rings. The standard InChI is InChI=1S/C20H28N2O/c1-19(2,3)13-7-9-17(15(21)11-13)23-18-10-8-14(12-16(18)22)20(4,5)6/h7-12H,21-22H2,1-6H3. The summed E-state index contributed by atoms with van der Waals surface area (Å²) in [6.45, 7) is 12.9. The van der Waals surface area contributed by atoms with Crippen LogP contribution in [-0.2, 0) is 10.8 Å². The van der Waals surface area contributed by atoms with E-state index >= 15 is 0 Å². The van der Waals surface area contributed by atoms with Crippen LogP contribution in [0.1, 0.15) is 52.7 Å². The van der Waals surface area contributed by atoms with Crippen LogP contribution in [0.25, 0.3) is 0 Å². The molecule has 0 aliphatic heterocycles. The van der Waals surface area contributed by atoms with Crippen molar-refractivity contribution in [3.05, 3.63) is 47.5 Å². The Morgan fingerprint density at radius 3 is 1.26 bits per heavy atom. The van der Waals surface area contributed by atoms with Gasteiger partial charge in [-0.05, 0) is 46.2 Å². The Kier molecular flexibility index (Phi) is 4.34. The SMILES string of the molecule is CC(C)(C)c1ccc(Oc2ccc(C(C)(C)C)cc2N)c(N)c1. The minimum absolute atomic E-state index is 0.0556. The van der Waals surface area contributed by atoms with E-state index in [9.17, 15) is 0 Å². The van der Waals surface area contributed by atoms with Gasteiger partial charge in [0.1, 0.15) is 11.5 Å². The van der Waals surface area contributed by atoms with Crippen molar-refractivity contribution in [2.75, 3.05) is 11.5 Å². The third kappa shape index (κ3) is 3.98. The van der Waals surface area contributed by atoms with Gasteiger partial charge >= 0.3 is 0 Å². The summed E-state index contributed by atoms with van der Waals surface area (Å²) >= 11 is 0. The Balaban J connectivity index is 2.30. The lowest BCUT2D eigenvalue weighted by atomic mass is 9.86. The molecule has 0 unspecified atom stereocenters. The minimum Gasteiger partial charge on any atom is -0.453 e. The second kappa shape index (κ2) is 5.80. The Hall–Kier alpha value is -2.16. The maximum Gasteiger partial charge on any atom is 0.150 e. The summed E-state index contributed by atoms with van der Waals surface area (Å²) in [5, 5.41) is 0. The summed E-state index contributed by atoms with van der Waals surface area (Å²) in [6.07, 6.45) is 0. The molecule has 0 saturated heterocycles. The summed E-state index contributed by atoms with van der Waals surface area (Å²) in [5.74, 6) is 1.27. The average Bonchev–Trinajstić information content (AvgIpc) is 2.40. The summed E-state index contributed by atoms with van der Waals surface area (Å²) in [4.78, 5) is 0. The smallest absolute Gasteiger partial charge is 0.150 e. The lowest BCUT2D eigenvalue weighted by Crippen LogP contribution is -2.12. The maximum absolute atomic E-state index is 6.15. The van der Waals surface area contributed by atoms with E-state index in [2.05, 4.69) is 41.5 Å². The molecule has 0 saturated carbocycles. The van der Waals surface area contributed by atoms with Gasteiger partial charge in [0.05, 0.1) is 11.4 Å². The highest BCUT2D eigenvalue weighted by atomic mass is 16.5. The van der Waals surface area contributed by atoms with E-state index in [1.165, 1.54) is 11.1 Å². The number of nitrogens with two attached hydrogens (primary N) is 2. The molecule has 0 radical (unpaired) electrons. The fourth-order valence-electron chi connectivity index (χ4n) is 2.33. The van der Waals surface area contributed by atoms with Crippen LogP contribution in [0.5, 0.6) is 11.5 Å². The monoisotopic (exact) mass is 312 g/mol. The van der Waals surface area contributed by atoms with E-state index in [0.29, 0.717) is 22.9 Å². The van der Waals surface area contributed by atoms with Crippen molar-refractivity contribution >= 4 is 11.4 Å². The van der Waals surface area contributed by atoms with Crippen molar-refractivity contribution in [2.24, 2.45) is 0 Å².